The number of carbonyl (C=O) groups is 3. The van der Waals surface area contributed by atoms with Crippen LogP contribution >= 0.6 is 11.3 Å². The molecule has 12 heteroatoms. The molecule has 3 aromatic rings. The number of ether oxygens (including phenoxy) is 1. The monoisotopic (exact) mass is 596 g/mol. The second-order valence-corrected chi connectivity index (χ2v) is 12.9. The van der Waals surface area contributed by atoms with Crippen LogP contribution in [0.3, 0.4) is 0 Å². The Kier molecular flexibility index (Phi) is 8.55. The fourth-order valence-electron chi connectivity index (χ4n) is 5.15. The van der Waals surface area contributed by atoms with Crippen molar-refractivity contribution >= 4 is 44.3 Å². The van der Waals surface area contributed by atoms with Crippen LogP contribution in [0.1, 0.15) is 56.1 Å². The zero-order chi connectivity index (χ0) is 29.1. The lowest BCUT2D eigenvalue weighted by atomic mass is 10.0. The van der Waals surface area contributed by atoms with Crippen molar-refractivity contribution < 1.29 is 27.5 Å². The maximum Gasteiger partial charge on any atom is 0.414 e. The first-order valence-corrected chi connectivity index (χ1v) is 15.8. The van der Waals surface area contributed by atoms with Crippen molar-refractivity contribution in [3.63, 3.8) is 0 Å². The molecule has 2 N–H and O–H groups in total. The minimum absolute atomic E-state index is 0.106. The van der Waals surface area contributed by atoms with Gasteiger partial charge in [0.1, 0.15) is 5.00 Å². The first kappa shape index (κ1) is 28.9. The maximum atomic E-state index is 13.3. The highest BCUT2D eigenvalue weighted by atomic mass is 32.2. The topological polar surface area (TPSA) is 125 Å². The van der Waals surface area contributed by atoms with Gasteiger partial charge in [-0.3, -0.25) is 19.8 Å². The summed E-state index contributed by atoms with van der Waals surface area (Å²) >= 11 is 1.30. The van der Waals surface area contributed by atoms with E-state index in [-0.39, 0.29) is 22.6 Å². The zero-order valence-electron chi connectivity index (χ0n) is 22.9. The number of thiophene rings is 1. The third-order valence-electron chi connectivity index (χ3n) is 7.38. The smallest absolute Gasteiger partial charge is 0.414 e. The standard InChI is InChI=1S/C29H32N4O6S2/c1-3-32-15-14-23-24(18-32)40-28(25(23)27(35)31-29(36)39-4-2)30-26(34)20-9-11-22(12-10-20)41(37,38)33-16-13-19-7-5-6-8-21(19)17-33/h5-12H,3-4,13-18H2,1-2H3,(H,30,34)(H,31,35,36). The van der Waals surface area contributed by atoms with Crippen LogP contribution in [0.2, 0.25) is 0 Å². The van der Waals surface area contributed by atoms with Gasteiger partial charge in [-0.1, -0.05) is 31.2 Å². The molecule has 0 saturated carbocycles. The van der Waals surface area contributed by atoms with Gasteiger partial charge < -0.3 is 10.1 Å². The molecular weight excluding hydrogens is 564 g/mol. The molecule has 0 radical (unpaired) electrons. The quantitative estimate of drug-likeness (QED) is 0.422. The number of nitrogens with zero attached hydrogens (tertiary/aromatic N) is 2. The molecule has 1 aromatic heterocycles. The maximum absolute atomic E-state index is 13.3. The largest absolute Gasteiger partial charge is 0.450 e. The molecule has 41 heavy (non-hydrogen) atoms. The molecule has 2 aliphatic rings. The number of hydrogen-bond acceptors (Lipinski definition) is 8. The van der Waals surface area contributed by atoms with Crippen molar-refractivity contribution in [2.45, 2.75) is 44.7 Å². The predicted molar refractivity (Wildman–Crippen MR) is 156 cm³/mol. The van der Waals surface area contributed by atoms with Crippen LogP contribution in [0.4, 0.5) is 9.80 Å². The van der Waals surface area contributed by atoms with Gasteiger partial charge in [-0.25, -0.2) is 13.2 Å². The Hall–Kier alpha value is -3.58. The van der Waals surface area contributed by atoms with Crippen molar-refractivity contribution in [3.05, 3.63) is 81.2 Å². The van der Waals surface area contributed by atoms with Gasteiger partial charge >= 0.3 is 6.09 Å². The second-order valence-electron chi connectivity index (χ2n) is 9.84. The van der Waals surface area contributed by atoms with Gasteiger partial charge in [-0.2, -0.15) is 4.31 Å². The number of amides is 3. The summed E-state index contributed by atoms with van der Waals surface area (Å²) in [5.41, 5.74) is 3.44. The van der Waals surface area contributed by atoms with Crippen LogP contribution in [0.25, 0.3) is 0 Å². The number of benzene rings is 2. The van der Waals surface area contributed by atoms with Gasteiger partial charge in [0, 0.05) is 36.6 Å². The SMILES string of the molecule is CCOC(=O)NC(=O)c1c(NC(=O)c2ccc(S(=O)(=O)N3CCc4ccccc4C3)cc2)sc2c1CCN(CC)C2. The van der Waals surface area contributed by atoms with E-state index in [9.17, 15) is 22.8 Å². The van der Waals surface area contributed by atoms with Crippen molar-refractivity contribution in [3.8, 4) is 0 Å². The fraction of sp³-hybridized carbons (Fsp3) is 0.345. The lowest BCUT2D eigenvalue weighted by Gasteiger charge is -2.28. The zero-order valence-corrected chi connectivity index (χ0v) is 24.6. The Morgan fingerprint density at radius 2 is 1.66 bits per heavy atom. The van der Waals surface area contributed by atoms with E-state index in [2.05, 4.69) is 22.5 Å². The van der Waals surface area contributed by atoms with Gasteiger partial charge in [0.25, 0.3) is 11.8 Å². The van der Waals surface area contributed by atoms with Crippen LogP contribution in [0.15, 0.2) is 53.4 Å². The third-order valence-corrected chi connectivity index (χ3v) is 10.4. The molecule has 216 valence electrons. The fourth-order valence-corrected chi connectivity index (χ4v) is 7.86. The molecule has 2 aliphatic heterocycles. The number of imide groups is 1. The molecule has 0 fully saturated rings. The Labute approximate surface area is 243 Å². The molecule has 2 aromatic carbocycles. The van der Waals surface area contributed by atoms with Crippen molar-refractivity contribution in [2.24, 2.45) is 0 Å². The molecule has 0 spiro atoms. The predicted octanol–water partition coefficient (Wildman–Crippen LogP) is 4.01. The molecule has 0 atom stereocenters. The number of likely N-dealkylation sites (N-methyl/N-ethyl adjacent to an activating group) is 1. The third kappa shape index (κ3) is 6.05. The highest BCUT2D eigenvalue weighted by Gasteiger charge is 2.31. The summed E-state index contributed by atoms with van der Waals surface area (Å²) in [4.78, 5) is 41.6. The number of hydrogen-bond donors (Lipinski definition) is 2. The summed E-state index contributed by atoms with van der Waals surface area (Å²) in [6.45, 7) is 6.75. The Balaban J connectivity index is 1.35. The van der Waals surface area contributed by atoms with Crippen LogP contribution in [-0.4, -0.2) is 61.8 Å². The summed E-state index contributed by atoms with van der Waals surface area (Å²) < 4.78 is 33.0. The summed E-state index contributed by atoms with van der Waals surface area (Å²) in [7, 11) is -3.75. The van der Waals surface area contributed by atoms with E-state index < -0.39 is 27.9 Å². The minimum Gasteiger partial charge on any atom is -0.450 e. The van der Waals surface area contributed by atoms with Crippen LogP contribution in [0.5, 0.6) is 0 Å². The van der Waals surface area contributed by atoms with Crippen molar-refractivity contribution in [1.82, 2.24) is 14.5 Å². The Bertz CT molecular complexity index is 1580. The average molecular weight is 597 g/mol. The normalized spacial score (nSPS) is 15.5. The van der Waals surface area contributed by atoms with Gasteiger partial charge in [-0.05, 0) is 67.3 Å². The number of rotatable bonds is 7. The minimum atomic E-state index is -3.75. The van der Waals surface area contributed by atoms with Gasteiger partial charge in [-0.15, -0.1) is 11.3 Å². The molecule has 5 rings (SSSR count). The molecule has 10 nitrogen and oxygen atoms in total. The summed E-state index contributed by atoms with van der Waals surface area (Å²) in [5.74, 6) is -1.12. The van der Waals surface area contributed by atoms with E-state index >= 15 is 0 Å². The average Bonchev–Trinajstić information content (AvgIpc) is 3.33. The van der Waals surface area contributed by atoms with Gasteiger partial charge in [0.2, 0.25) is 10.0 Å². The number of alkyl carbamates (subject to hydrolysis) is 1. The number of anilines is 1. The second kappa shape index (κ2) is 12.1. The van der Waals surface area contributed by atoms with Gasteiger partial charge in [0.15, 0.2) is 0 Å². The number of sulfonamides is 1. The van der Waals surface area contributed by atoms with Crippen LogP contribution in [0, 0.1) is 0 Å². The lowest BCUT2D eigenvalue weighted by Crippen LogP contribution is -2.35. The summed E-state index contributed by atoms with van der Waals surface area (Å²) in [6, 6.07) is 13.6. The van der Waals surface area contributed by atoms with Crippen LogP contribution < -0.4 is 10.6 Å². The summed E-state index contributed by atoms with van der Waals surface area (Å²) in [6.07, 6.45) is 0.395. The molecule has 3 heterocycles. The number of carbonyl (C=O) groups excluding carboxylic acids is 3. The number of fused-ring (bicyclic) bond motifs is 2. The highest BCUT2D eigenvalue weighted by Crippen LogP contribution is 2.37. The molecule has 0 unspecified atom stereocenters. The Morgan fingerprint density at radius 1 is 0.927 bits per heavy atom. The van der Waals surface area contributed by atoms with Crippen molar-refractivity contribution in [1.29, 1.82) is 0 Å². The summed E-state index contributed by atoms with van der Waals surface area (Å²) in [5, 5.41) is 5.40. The first-order valence-electron chi connectivity index (χ1n) is 13.5. The molecule has 0 aliphatic carbocycles. The molecule has 0 bridgehead atoms. The highest BCUT2D eigenvalue weighted by molar-refractivity contribution is 7.89. The van der Waals surface area contributed by atoms with E-state index in [0.29, 0.717) is 37.5 Å². The molecule has 0 saturated heterocycles. The molecule has 3 amide bonds. The van der Waals surface area contributed by atoms with Crippen LogP contribution in [-0.2, 0) is 40.7 Å². The first-order chi connectivity index (χ1) is 19.7. The number of nitrogens with one attached hydrogen (secondary N) is 2. The van der Waals surface area contributed by atoms with E-state index in [0.717, 1.165) is 34.7 Å². The Morgan fingerprint density at radius 3 is 2.37 bits per heavy atom. The lowest BCUT2D eigenvalue weighted by molar-refractivity contribution is 0.0924. The van der Waals surface area contributed by atoms with Crippen molar-refractivity contribution in [2.75, 3.05) is 31.6 Å². The van der Waals surface area contributed by atoms with E-state index in [1.807, 2.05) is 24.3 Å². The van der Waals surface area contributed by atoms with E-state index in [1.165, 1.54) is 39.9 Å². The molecular formula is C29H32N4O6S2. The van der Waals surface area contributed by atoms with E-state index in [4.69, 9.17) is 4.74 Å². The van der Waals surface area contributed by atoms with E-state index in [1.54, 1.807) is 6.92 Å². The van der Waals surface area contributed by atoms with Gasteiger partial charge in [0.05, 0.1) is 17.1 Å².